The van der Waals surface area contributed by atoms with Crippen LogP contribution in [0.4, 0.5) is 0 Å². The van der Waals surface area contributed by atoms with Gasteiger partial charge in [-0.15, -0.1) is 5.10 Å². The van der Waals surface area contributed by atoms with Crippen LogP contribution in [0.2, 0.25) is 5.02 Å². The lowest BCUT2D eigenvalue weighted by Gasteiger charge is -2.21. The van der Waals surface area contributed by atoms with Crippen LogP contribution < -0.4 is 5.32 Å². The summed E-state index contributed by atoms with van der Waals surface area (Å²) in [7, 11) is 0. The van der Waals surface area contributed by atoms with Crippen LogP contribution in [-0.2, 0) is 17.8 Å². The first-order valence-electron chi connectivity index (χ1n) is 8.92. The van der Waals surface area contributed by atoms with Gasteiger partial charge in [0.15, 0.2) is 0 Å². The molecule has 0 amide bonds. The Morgan fingerprint density at radius 2 is 2.04 bits per heavy atom. The van der Waals surface area contributed by atoms with Crippen LogP contribution in [0.5, 0.6) is 0 Å². The molecular formula is C20H21ClN4O2. The predicted octanol–water partition coefficient (Wildman–Crippen LogP) is 2.52. The zero-order valence-electron chi connectivity index (χ0n) is 14.7. The molecule has 2 N–H and O–H groups in total. The van der Waals surface area contributed by atoms with Gasteiger partial charge in [0.05, 0.1) is 37.6 Å². The zero-order valence-corrected chi connectivity index (χ0v) is 15.5. The van der Waals surface area contributed by atoms with Crippen LogP contribution in [0.1, 0.15) is 5.56 Å². The zero-order chi connectivity index (χ0) is 18.6. The largest absolute Gasteiger partial charge is 0.389 e. The maximum atomic E-state index is 10.3. The van der Waals surface area contributed by atoms with Crippen LogP contribution >= 0.6 is 11.6 Å². The highest BCUT2D eigenvalue weighted by Gasteiger charge is 2.36. The normalized spacial score (nSPS) is 22.2. The fourth-order valence-electron chi connectivity index (χ4n) is 3.31. The first-order valence-corrected chi connectivity index (χ1v) is 9.30. The van der Waals surface area contributed by atoms with E-state index in [0.29, 0.717) is 24.7 Å². The minimum atomic E-state index is -0.564. The summed E-state index contributed by atoms with van der Waals surface area (Å²) in [5.74, 6) is 0. The van der Waals surface area contributed by atoms with Crippen molar-refractivity contribution in [2.75, 3.05) is 6.61 Å². The summed E-state index contributed by atoms with van der Waals surface area (Å²) in [6, 6.07) is 17.4. The number of nitrogens with zero attached hydrogens (tertiary/aromatic N) is 3. The third-order valence-electron chi connectivity index (χ3n) is 4.70. The van der Waals surface area contributed by atoms with E-state index in [0.717, 1.165) is 16.8 Å². The fraction of sp³-hybridized carbons (Fsp3) is 0.300. The molecule has 7 heteroatoms. The molecule has 0 saturated carbocycles. The SMILES string of the molecule is O[C@H]1CO[C@H](Cn2cc(-c3ccccc3)nn2)[C@@H]1NCc1cccc(Cl)c1. The number of benzene rings is 2. The first kappa shape index (κ1) is 18.1. The number of aliphatic hydroxyl groups excluding tert-OH is 1. The number of aromatic nitrogens is 3. The second kappa shape index (κ2) is 8.19. The molecule has 2 heterocycles. The summed E-state index contributed by atoms with van der Waals surface area (Å²) in [5, 5.41) is 22.8. The van der Waals surface area contributed by atoms with Gasteiger partial charge in [0.25, 0.3) is 0 Å². The van der Waals surface area contributed by atoms with Gasteiger partial charge >= 0.3 is 0 Å². The van der Waals surface area contributed by atoms with Gasteiger partial charge in [0.2, 0.25) is 0 Å². The molecule has 6 nitrogen and oxygen atoms in total. The average molecular weight is 385 g/mol. The van der Waals surface area contributed by atoms with Crippen molar-refractivity contribution in [3.63, 3.8) is 0 Å². The number of halogens is 1. The van der Waals surface area contributed by atoms with E-state index in [1.54, 1.807) is 4.68 Å². The molecule has 1 aromatic heterocycles. The molecule has 2 aromatic carbocycles. The molecule has 27 heavy (non-hydrogen) atoms. The van der Waals surface area contributed by atoms with E-state index < -0.39 is 6.10 Å². The van der Waals surface area contributed by atoms with Crippen molar-refractivity contribution in [2.45, 2.75) is 31.3 Å². The minimum Gasteiger partial charge on any atom is -0.389 e. The van der Waals surface area contributed by atoms with E-state index in [9.17, 15) is 5.11 Å². The van der Waals surface area contributed by atoms with Gasteiger partial charge in [-0.3, -0.25) is 0 Å². The number of nitrogens with one attached hydrogen (secondary N) is 1. The second-order valence-electron chi connectivity index (χ2n) is 6.67. The molecule has 3 aromatic rings. The van der Waals surface area contributed by atoms with E-state index in [1.165, 1.54) is 0 Å². The van der Waals surface area contributed by atoms with E-state index in [-0.39, 0.29) is 12.1 Å². The van der Waals surface area contributed by atoms with Crippen molar-refractivity contribution in [1.29, 1.82) is 0 Å². The Morgan fingerprint density at radius 3 is 2.85 bits per heavy atom. The smallest absolute Gasteiger partial charge is 0.113 e. The minimum absolute atomic E-state index is 0.187. The van der Waals surface area contributed by atoms with Crippen LogP contribution in [0.3, 0.4) is 0 Å². The van der Waals surface area contributed by atoms with Crippen molar-refractivity contribution in [3.05, 3.63) is 71.4 Å². The molecule has 3 atom stereocenters. The van der Waals surface area contributed by atoms with Gasteiger partial charge in [-0.1, -0.05) is 59.3 Å². The Morgan fingerprint density at radius 1 is 1.19 bits per heavy atom. The Balaban J connectivity index is 1.41. The lowest BCUT2D eigenvalue weighted by atomic mass is 10.1. The monoisotopic (exact) mass is 384 g/mol. The highest BCUT2D eigenvalue weighted by Crippen LogP contribution is 2.20. The Bertz CT molecular complexity index is 886. The van der Waals surface area contributed by atoms with Gasteiger partial charge in [-0.05, 0) is 17.7 Å². The number of ether oxygens (including phenoxy) is 1. The molecule has 0 unspecified atom stereocenters. The summed E-state index contributed by atoms with van der Waals surface area (Å²) >= 11 is 6.04. The number of rotatable bonds is 6. The Labute approximate surface area is 162 Å². The Kier molecular flexibility index (Phi) is 5.50. The van der Waals surface area contributed by atoms with E-state index >= 15 is 0 Å². The lowest BCUT2D eigenvalue weighted by Crippen LogP contribution is -2.45. The van der Waals surface area contributed by atoms with Gasteiger partial charge in [0.1, 0.15) is 5.69 Å². The molecule has 140 valence electrons. The topological polar surface area (TPSA) is 72.2 Å². The summed E-state index contributed by atoms with van der Waals surface area (Å²) in [4.78, 5) is 0. The van der Waals surface area contributed by atoms with Crippen LogP contribution in [0.25, 0.3) is 11.3 Å². The quantitative estimate of drug-likeness (QED) is 0.683. The average Bonchev–Trinajstić information content (AvgIpc) is 3.28. The van der Waals surface area contributed by atoms with E-state index in [4.69, 9.17) is 16.3 Å². The molecule has 1 saturated heterocycles. The van der Waals surface area contributed by atoms with Crippen molar-refractivity contribution < 1.29 is 9.84 Å². The highest BCUT2D eigenvalue weighted by atomic mass is 35.5. The van der Waals surface area contributed by atoms with Crippen molar-refractivity contribution in [3.8, 4) is 11.3 Å². The van der Waals surface area contributed by atoms with Crippen molar-refractivity contribution in [2.24, 2.45) is 0 Å². The summed E-state index contributed by atoms with van der Waals surface area (Å²) in [6.45, 7) is 1.43. The second-order valence-corrected chi connectivity index (χ2v) is 7.10. The maximum Gasteiger partial charge on any atom is 0.113 e. The van der Waals surface area contributed by atoms with Gasteiger partial charge in [-0.2, -0.15) is 0 Å². The summed E-state index contributed by atoms with van der Waals surface area (Å²) in [5.41, 5.74) is 2.90. The molecule has 1 aliphatic heterocycles. The third kappa shape index (κ3) is 4.36. The van der Waals surface area contributed by atoms with Crippen LogP contribution in [0, 0.1) is 0 Å². The first-order chi connectivity index (χ1) is 13.2. The van der Waals surface area contributed by atoms with Crippen LogP contribution in [-0.4, -0.2) is 45.0 Å². The Hall–Kier alpha value is -2.25. The molecule has 0 aliphatic carbocycles. The molecule has 0 bridgehead atoms. The lowest BCUT2D eigenvalue weighted by molar-refractivity contribution is 0.0741. The van der Waals surface area contributed by atoms with E-state index in [1.807, 2.05) is 60.8 Å². The molecular weight excluding hydrogens is 364 g/mol. The van der Waals surface area contributed by atoms with Gasteiger partial charge in [-0.25, -0.2) is 4.68 Å². The number of hydrogen-bond acceptors (Lipinski definition) is 5. The van der Waals surface area contributed by atoms with Gasteiger partial charge in [0, 0.05) is 17.1 Å². The molecule has 0 radical (unpaired) electrons. The van der Waals surface area contributed by atoms with Crippen molar-refractivity contribution >= 4 is 11.6 Å². The predicted molar refractivity (Wildman–Crippen MR) is 103 cm³/mol. The molecule has 0 spiro atoms. The molecule has 1 fully saturated rings. The standard InChI is InChI=1S/C20H21ClN4O2/c21-16-8-4-5-14(9-16)10-22-20-18(26)13-27-19(20)12-25-11-17(23-24-25)15-6-2-1-3-7-15/h1-9,11,18-20,22,26H,10,12-13H2/t18-,19+,20+/m0/s1. The van der Waals surface area contributed by atoms with E-state index in [2.05, 4.69) is 15.6 Å². The number of hydrogen-bond donors (Lipinski definition) is 2. The highest BCUT2D eigenvalue weighted by molar-refractivity contribution is 6.30. The maximum absolute atomic E-state index is 10.3. The third-order valence-corrected chi connectivity index (χ3v) is 4.94. The molecule has 1 aliphatic rings. The summed E-state index contributed by atoms with van der Waals surface area (Å²) in [6.07, 6.45) is 1.15. The molecule has 4 rings (SSSR count). The summed E-state index contributed by atoms with van der Waals surface area (Å²) < 4.78 is 7.54. The van der Waals surface area contributed by atoms with Crippen LogP contribution in [0.15, 0.2) is 60.8 Å². The number of aliphatic hydroxyl groups is 1. The fourth-order valence-corrected chi connectivity index (χ4v) is 3.52. The van der Waals surface area contributed by atoms with Gasteiger partial charge < -0.3 is 15.2 Å². The van der Waals surface area contributed by atoms with Crippen molar-refractivity contribution in [1.82, 2.24) is 20.3 Å².